The lowest BCUT2D eigenvalue weighted by Crippen LogP contribution is -2.10. The Kier molecular flexibility index (Phi) is 2.02. The van der Waals surface area contributed by atoms with Crippen LogP contribution in [0.3, 0.4) is 0 Å². The first-order chi connectivity index (χ1) is 6.27. The predicted molar refractivity (Wildman–Crippen MR) is 51.4 cm³/mol. The molecule has 3 heteroatoms. The maximum atomic E-state index is 9.24. The smallest absolute Gasteiger partial charge is 0.0880 e. The molecule has 0 amide bonds. The fraction of sp³-hybridized carbons (Fsp3) is 0.300. The third-order valence-corrected chi connectivity index (χ3v) is 2.00. The molecular weight excluding hydrogens is 164 g/mol. The Hall–Kier alpha value is -1.35. The minimum Gasteiger partial charge on any atom is -0.392 e. The molecule has 2 heterocycles. The Labute approximate surface area is 76.6 Å². The van der Waals surface area contributed by atoms with Crippen LogP contribution in [0.25, 0.3) is 11.0 Å². The highest BCUT2D eigenvalue weighted by molar-refractivity contribution is 5.75. The summed E-state index contributed by atoms with van der Waals surface area (Å²) in [5.41, 5.74) is 2.05. The normalized spacial score (nSPS) is 13.4. The van der Waals surface area contributed by atoms with E-state index in [1.807, 2.05) is 29.0 Å². The SMILES string of the molecule is CC(O)Cn1ccc2ncccc21. The van der Waals surface area contributed by atoms with Crippen molar-refractivity contribution in [2.75, 3.05) is 0 Å². The van der Waals surface area contributed by atoms with Crippen LogP contribution in [-0.4, -0.2) is 20.8 Å². The van der Waals surface area contributed by atoms with E-state index in [0.717, 1.165) is 11.0 Å². The molecule has 68 valence electrons. The zero-order valence-corrected chi connectivity index (χ0v) is 7.51. The Balaban J connectivity index is 2.46. The predicted octanol–water partition coefficient (Wildman–Crippen LogP) is 1.42. The van der Waals surface area contributed by atoms with Gasteiger partial charge in [0.25, 0.3) is 0 Å². The summed E-state index contributed by atoms with van der Waals surface area (Å²) in [5.74, 6) is 0. The Bertz CT molecular complexity index is 406. The van der Waals surface area contributed by atoms with Crippen molar-refractivity contribution in [1.29, 1.82) is 0 Å². The summed E-state index contributed by atoms with van der Waals surface area (Å²) < 4.78 is 2.01. The molecule has 0 aromatic carbocycles. The van der Waals surface area contributed by atoms with Crippen LogP contribution in [0.15, 0.2) is 30.6 Å². The van der Waals surface area contributed by atoms with E-state index in [9.17, 15) is 5.11 Å². The van der Waals surface area contributed by atoms with Gasteiger partial charge in [-0.2, -0.15) is 0 Å². The second kappa shape index (κ2) is 3.18. The molecule has 0 radical (unpaired) electrons. The molecular formula is C10H12N2O. The summed E-state index contributed by atoms with van der Waals surface area (Å²) in [6.07, 6.45) is 3.40. The standard InChI is InChI=1S/C10H12N2O/c1-8(13)7-12-6-4-9-10(12)3-2-5-11-9/h2-6,8,13H,7H2,1H3. The topological polar surface area (TPSA) is 38.0 Å². The van der Waals surface area contributed by atoms with Gasteiger partial charge in [0.15, 0.2) is 0 Å². The summed E-state index contributed by atoms with van der Waals surface area (Å²) >= 11 is 0. The fourth-order valence-corrected chi connectivity index (χ4v) is 1.47. The number of rotatable bonds is 2. The number of aliphatic hydroxyl groups is 1. The second-order valence-electron chi connectivity index (χ2n) is 3.22. The van der Waals surface area contributed by atoms with Gasteiger partial charge < -0.3 is 9.67 Å². The number of pyridine rings is 1. The molecule has 0 saturated carbocycles. The Morgan fingerprint density at radius 2 is 2.38 bits per heavy atom. The molecule has 0 fully saturated rings. The molecule has 0 saturated heterocycles. The summed E-state index contributed by atoms with van der Waals surface area (Å²) in [7, 11) is 0. The van der Waals surface area contributed by atoms with E-state index < -0.39 is 0 Å². The monoisotopic (exact) mass is 176 g/mol. The third-order valence-electron chi connectivity index (χ3n) is 2.00. The van der Waals surface area contributed by atoms with Crippen molar-refractivity contribution in [3.63, 3.8) is 0 Å². The second-order valence-corrected chi connectivity index (χ2v) is 3.22. The van der Waals surface area contributed by atoms with Crippen LogP contribution in [0.1, 0.15) is 6.92 Å². The van der Waals surface area contributed by atoms with Gasteiger partial charge in [-0.1, -0.05) is 0 Å². The van der Waals surface area contributed by atoms with E-state index in [1.54, 1.807) is 13.1 Å². The largest absolute Gasteiger partial charge is 0.392 e. The van der Waals surface area contributed by atoms with Crippen LogP contribution < -0.4 is 0 Å². The highest BCUT2D eigenvalue weighted by atomic mass is 16.3. The lowest BCUT2D eigenvalue weighted by atomic mass is 10.3. The molecule has 0 bridgehead atoms. The highest BCUT2D eigenvalue weighted by Gasteiger charge is 2.02. The van der Waals surface area contributed by atoms with Crippen LogP contribution in [0.4, 0.5) is 0 Å². The van der Waals surface area contributed by atoms with Crippen LogP contribution in [-0.2, 0) is 6.54 Å². The summed E-state index contributed by atoms with van der Waals surface area (Å²) in [6.45, 7) is 2.40. The van der Waals surface area contributed by atoms with Crippen molar-refractivity contribution in [2.24, 2.45) is 0 Å². The maximum absolute atomic E-state index is 9.24. The number of aromatic nitrogens is 2. The van der Waals surface area contributed by atoms with Gasteiger partial charge in [-0.15, -0.1) is 0 Å². The zero-order chi connectivity index (χ0) is 9.26. The molecule has 1 N–H and O–H groups in total. The van der Waals surface area contributed by atoms with Gasteiger partial charge in [0, 0.05) is 18.9 Å². The van der Waals surface area contributed by atoms with Crippen LogP contribution >= 0.6 is 0 Å². The zero-order valence-electron chi connectivity index (χ0n) is 7.51. The van der Waals surface area contributed by atoms with Crippen molar-refractivity contribution in [3.05, 3.63) is 30.6 Å². The lowest BCUT2D eigenvalue weighted by Gasteiger charge is -2.06. The van der Waals surface area contributed by atoms with Gasteiger partial charge in [0.1, 0.15) is 0 Å². The van der Waals surface area contributed by atoms with E-state index in [4.69, 9.17) is 0 Å². The van der Waals surface area contributed by atoms with E-state index in [0.29, 0.717) is 6.54 Å². The number of fused-ring (bicyclic) bond motifs is 1. The van der Waals surface area contributed by atoms with Crippen molar-refractivity contribution in [3.8, 4) is 0 Å². The van der Waals surface area contributed by atoms with Crippen molar-refractivity contribution < 1.29 is 5.11 Å². The number of nitrogens with zero attached hydrogens (tertiary/aromatic N) is 2. The number of hydrogen-bond donors (Lipinski definition) is 1. The minimum atomic E-state index is -0.323. The quantitative estimate of drug-likeness (QED) is 0.751. The van der Waals surface area contributed by atoms with Crippen LogP contribution in [0.5, 0.6) is 0 Å². The molecule has 2 rings (SSSR count). The van der Waals surface area contributed by atoms with E-state index in [-0.39, 0.29) is 6.10 Å². The summed E-state index contributed by atoms with van der Waals surface area (Å²) in [4.78, 5) is 4.21. The molecule has 1 unspecified atom stereocenters. The molecule has 3 nitrogen and oxygen atoms in total. The van der Waals surface area contributed by atoms with Gasteiger partial charge in [-0.05, 0) is 25.1 Å². The van der Waals surface area contributed by atoms with Crippen molar-refractivity contribution in [1.82, 2.24) is 9.55 Å². The summed E-state index contributed by atoms with van der Waals surface area (Å²) in [5, 5.41) is 9.24. The van der Waals surface area contributed by atoms with Crippen LogP contribution in [0, 0.1) is 0 Å². The van der Waals surface area contributed by atoms with Gasteiger partial charge in [-0.3, -0.25) is 4.98 Å². The lowest BCUT2D eigenvalue weighted by molar-refractivity contribution is 0.175. The maximum Gasteiger partial charge on any atom is 0.0880 e. The van der Waals surface area contributed by atoms with Gasteiger partial charge >= 0.3 is 0 Å². The average molecular weight is 176 g/mol. The average Bonchev–Trinajstić information content (AvgIpc) is 2.48. The first kappa shape index (κ1) is 8.26. The highest BCUT2D eigenvalue weighted by Crippen LogP contribution is 2.12. The molecule has 1 atom stereocenters. The van der Waals surface area contributed by atoms with E-state index in [1.165, 1.54) is 0 Å². The molecule has 0 spiro atoms. The van der Waals surface area contributed by atoms with E-state index >= 15 is 0 Å². The molecule has 2 aromatic rings. The third kappa shape index (κ3) is 1.55. The van der Waals surface area contributed by atoms with Crippen molar-refractivity contribution >= 4 is 11.0 Å². The van der Waals surface area contributed by atoms with Gasteiger partial charge in [0.2, 0.25) is 0 Å². The molecule has 0 aliphatic heterocycles. The molecule has 0 aliphatic rings. The molecule has 2 aromatic heterocycles. The molecule has 0 aliphatic carbocycles. The first-order valence-electron chi connectivity index (χ1n) is 4.35. The number of aliphatic hydroxyl groups excluding tert-OH is 1. The van der Waals surface area contributed by atoms with E-state index in [2.05, 4.69) is 4.98 Å². The summed E-state index contributed by atoms with van der Waals surface area (Å²) in [6, 6.07) is 5.86. The van der Waals surface area contributed by atoms with Crippen LogP contribution in [0.2, 0.25) is 0 Å². The Morgan fingerprint density at radius 3 is 3.15 bits per heavy atom. The van der Waals surface area contributed by atoms with Gasteiger partial charge in [-0.25, -0.2) is 0 Å². The number of hydrogen-bond acceptors (Lipinski definition) is 2. The Morgan fingerprint density at radius 1 is 1.54 bits per heavy atom. The minimum absolute atomic E-state index is 0.323. The molecule has 13 heavy (non-hydrogen) atoms. The fourth-order valence-electron chi connectivity index (χ4n) is 1.47. The van der Waals surface area contributed by atoms with Crippen molar-refractivity contribution in [2.45, 2.75) is 19.6 Å². The first-order valence-corrected chi connectivity index (χ1v) is 4.35. The van der Waals surface area contributed by atoms with Gasteiger partial charge in [0.05, 0.1) is 17.1 Å².